The lowest BCUT2D eigenvalue weighted by molar-refractivity contribution is 0.600. The lowest BCUT2D eigenvalue weighted by Gasteiger charge is -2.06. The number of anilines is 1. The standard InChI is InChI=1S/C10H10N4O2S/c1-8-12-6-10(7-13-8)17(15,16)14-9-3-2-4-11-5-9/h2-7,14H,1H3. The highest BCUT2D eigenvalue weighted by molar-refractivity contribution is 7.92. The Hall–Kier alpha value is -2.02. The molecule has 0 bridgehead atoms. The SMILES string of the molecule is Cc1ncc(S(=O)(=O)Nc2cccnc2)cn1. The van der Waals surface area contributed by atoms with Gasteiger partial charge in [0.25, 0.3) is 10.0 Å². The Kier molecular flexibility index (Phi) is 3.01. The van der Waals surface area contributed by atoms with Crippen molar-refractivity contribution in [1.82, 2.24) is 15.0 Å². The minimum Gasteiger partial charge on any atom is -0.278 e. The highest BCUT2D eigenvalue weighted by Gasteiger charge is 2.14. The van der Waals surface area contributed by atoms with E-state index in [1.54, 1.807) is 25.3 Å². The van der Waals surface area contributed by atoms with Gasteiger partial charge in [0, 0.05) is 6.20 Å². The van der Waals surface area contributed by atoms with Crippen LogP contribution < -0.4 is 4.72 Å². The van der Waals surface area contributed by atoms with E-state index in [0.29, 0.717) is 11.5 Å². The van der Waals surface area contributed by atoms with Crippen molar-refractivity contribution in [2.45, 2.75) is 11.8 Å². The lowest BCUT2D eigenvalue weighted by Crippen LogP contribution is -2.13. The minimum atomic E-state index is -3.65. The molecule has 0 radical (unpaired) electrons. The van der Waals surface area contributed by atoms with Crippen molar-refractivity contribution < 1.29 is 8.42 Å². The molecule has 0 spiro atoms. The number of nitrogens with one attached hydrogen (secondary N) is 1. The summed E-state index contributed by atoms with van der Waals surface area (Å²) < 4.78 is 26.2. The number of hydrogen-bond donors (Lipinski definition) is 1. The van der Waals surface area contributed by atoms with Crippen molar-refractivity contribution in [3.8, 4) is 0 Å². The summed E-state index contributed by atoms with van der Waals surface area (Å²) in [7, 11) is -3.65. The van der Waals surface area contributed by atoms with E-state index in [1.807, 2.05) is 0 Å². The summed E-state index contributed by atoms with van der Waals surface area (Å²) in [6.07, 6.45) is 5.52. The monoisotopic (exact) mass is 250 g/mol. The Morgan fingerprint density at radius 3 is 2.47 bits per heavy atom. The fourth-order valence-corrected chi connectivity index (χ4v) is 2.09. The fraction of sp³-hybridized carbons (Fsp3) is 0.100. The summed E-state index contributed by atoms with van der Waals surface area (Å²) in [5.74, 6) is 0.519. The molecule has 0 aromatic carbocycles. The van der Waals surface area contributed by atoms with Gasteiger partial charge >= 0.3 is 0 Å². The molecule has 2 aromatic heterocycles. The molecule has 2 heterocycles. The summed E-state index contributed by atoms with van der Waals surface area (Å²) in [6.45, 7) is 1.69. The van der Waals surface area contributed by atoms with Gasteiger partial charge in [-0.25, -0.2) is 18.4 Å². The molecule has 6 nitrogen and oxygen atoms in total. The van der Waals surface area contributed by atoms with E-state index < -0.39 is 10.0 Å². The van der Waals surface area contributed by atoms with Crippen molar-refractivity contribution in [3.05, 3.63) is 42.7 Å². The topological polar surface area (TPSA) is 84.8 Å². The van der Waals surface area contributed by atoms with E-state index in [4.69, 9.17) is 0 Å². The molecule has 2 aromatic rings. The first-order valence-electron chi connectivity index (χ1n) is 4.79. The van der Waals surface area contributed by atoms with Crippen LogP contribution in [-0.4, -0.2) is 23.4 Å². The minimum absolute atomic E-state index is 0.0203. The summed E-state index contributed by atoms with van der Waals surface area (Å²) in [5.41, 5.74) is 0.396. The zero-order valence-corrected chi connectivity index (χ0v) is 9.85. The van der Waals surface area contributed by atoms with Gasteiger partial charge in [-0.3, -0.25) is 9.71 Å². The Balaban J connectivity index is 2.29. The van der Waals surface area contributed by atoms with Gasteiger partial charge < -0.3 is 0 Å². The van der Waals surface area contributed by atoms with Gasteiger partial charge in [-0.05, 0) is 19.1 Å². The lowest BCUT2D eigenvalue weighted by atomic mass is 10.4. The predicted octanol–water partition coefficient (Wildman–Crippen LogP) is 0.981. The first-order chi connectivity index (χ1) is 8.08. The van der Waals surface area contributed by atoms with Crippen LogP contribution in [0.1, 0.15) is 5.82 Å². The largest absolute Gasteiger partial charge is 0.278 e. The number of aryl methyl sites for hydroxylation is 1. The normalized spacial score (nSPS) is 11.1. The highest BCUT2D eigenvalue weighted by Crippen LogP contribution is 2.12. The molecule has 1 N–H and O–H groups in total. The smallest absolute Gasteiger partial charge is 0.265 e. The number of nitrogens with zero attached hydrogens (tertiary/aromatic N) is 3. The van der Waals surface area contributed by atoms with Gasteiger partial charge in [0.05, 0.1) is 24.3 Å². The second kappa shape index (κ2) is 4.46. The van der Waals surface area contributed by atoms with Crippen LogP contribution in [0.25, 0.3) is 0 Å². The molecule has 17 heavy (non-hydrogen) atoms. The zero-order chi connectivity index (χ0) is 12.3. The first kappa shape index (κ1) is 11.5. The Morgan fingerprint density at radius 2 is 1.88 bits per heavy atom. The number of hydrogen-bond acceptors (Lipinski definition) is 5. The maximum Gasteiger partial charge on any atom is 0.265 e. The van der Waals surface area contributed by atoms with Crippen LogP contribution >= 0.6 is 0 Å². The average molecular weight is 250 g/mol. The van der Waals surface area contributed by atoms with E-state index in [1.165, 1.54) is 18.6 Å². The zero-order valence-electron chi connectivity index (χ0n) is 9.03. The van der Waals surface area contributed by atoms with Gasteiger partial charge in [0.1, 0.15) is 10.7 Å². The first-order valence-corrected chi connectivity index (χ1v) is 6.28. The number of aromatic nitrogens is 3. The van der Waals surface area contributed by atoms with Crippen LogP contribution in [0.2, 0.25) is 0 Å². The molecular formula is C10H10N4O2S. The Labute approximate surface area is 98.8 Å². The van der Waals surface area contributed by atoms with Crippen LogP contribution in [0.5, 0.6) is 0 Å². The molecule has 0 aliphatic carbocycles. The van der Waals surface area contributed by atoms with E-state index in [-0.39, 0.29) is 4.90 Å². The molecule has 2 rings (SSSR count). The maximum atomic E-state index is 11.9. The van der Waals surface area contributed by atoms with Crippen LogP contribution in [0, 0.1) is 6.92 Å². The van der Waals surface area contributed by atoms with Crippen molar-refractivity contribution >= 4 is 15.7 Å². The van der Waals surface area contributed by atoms with Crippen LogP contribution in [0.3, 0.4) is 0 Å². The molecule has 0 unspecified atom stereocenters. The Morgan fingerprint density at radius 1 is 1.18 bits per heavy atom. The van der Waals surface area contributed by atoms with E-state index in [9.17, 15) is 8.42 Å². The van der Waals surface area contributed by atoms with Gasteiger partial charge in [0.15, 0.2) is 0 Å². The number of rotatable bonds is 3. The molecule has 0 aliphatic rings. The van der Waals surface area contributed by atoms with Crippen LogP contribution in [0.4, 0.5) is 5.69 Å². The molecule has 0 saturated carbocycles. The highest BCUT2D eigenvalue weighted by atomic mass is 32.2. The second-order valence-corrected chi connectivity index (χ2v) is 5.00. The van der Waals surface area contributed by atoms with E-state index >= 15 is 0 Å². The number of sulfonamides is 1. The Bertz CT molecular complexity index is 596. The summed E-state index contributed by atoms with van der Waals surface area (Å²) >= 11 is 0. The van der Waals surface area contributed by atoms with Gasteiger partial charge in [-0.1, -0.05) is 0 Å². The maximum absolute atomic E-state index is 11.9. The molecule has 88 valence electrons. The van der Waals surface area contributed by atoms with Crippen molar-refractivity contribution in [1.29, 1.82) is 0 Å². The quantitative estimate of drug-likeness (QED) is 0.877. The van der Waals surface area contributed by atoms with Crippen molar-refractivity contribution in [2.75, 3.05) is 4.72 Å². The van der Waals surface area contributed by atoms with E-state index in [2.05, 4.69) is 19.7 Å². The fourth-order valence-electron chi connectivity index (χ4n) is 1.16. The van der Waals surface area contributed by atoms with Gasteiger partial charge in [-0.2, -0.15) is 0 Å². The third kappa shape index (κ3) is 2.76. The third-order valence-corrected chi connectivity index (χ3v) is 3.32. The molecule has 0 atom stereocenters. The molecule has 0 saturated heterocycles. The summed E-state index contributed by atoms with van der Waals surface area (Å²) in [5, 5.41) is 0. The van der Waals surface area contributed by atoms with Crippen LogP contribution in [-0.2, 0) is 10.0 Å². The molecule has 0 amide bonds. The summed E-state index contributed by atoms with van der Waals surface area (Å²) in [6, 6.07) is 3.25. The molecule has 7 heteroatoms. The number of pyridine rings is 1. The average Bonchev–Trinajstić information content (AvgIpc) is 2.30. The predicted molar refractivity (Wildman–Crippen MR) is 61.8 cm³/mol. The second-order valence-electron chi connectivity index (χ2n) is 3.31. The van der Waals surface area contributed by atoms with Crippen LogP contribution in [0.15, 0.2) is 41.8 Å². The van der Waals surface area contributed by atoms with Crippen molar-refractivity contribution in [2.24, 2.45) is 0 Å². The summed E-state index contributed by atoms with van der Waals surface area (Å²) in [4.78, 5) is 11.5. The molecule has 0 fully saturated rings. The molecule has 0 aliphatic heterocycles. The van der Waals surface area contributed by atoms with Gasteiger partial charge in [0.2, 0.25) is 0 Å². The van der Waals surface area contributed by atoms with Gasteiger partial charge in [-0.15, -0.1) is 0 Å². The van der Waals surface area contributed by atoms with Crippen molar-refractivity contribution in [3.63, 3.8) is 0 Å². The molecular weight excluding hydrogens is 240 g/mol. The third-order valence-electron chi connectivity index (χ3n) is 1.98. The van der Waals surface area contributed by atoms with E-state index in [0.717, 1.165) is 0 Å².